The van der Waals surface area contributed by atoms with Crippen molar-refractivity contribution in [1.82, 2.24) is 0 Å². The number of nitrogens with two attached hydrogens (primary N) is 1. The molecule has 1 aromatic rings. The quantitative estimate of drug-likeness (QED) is 0.728. The van der Waals surface area contributed by atoms with Crippen LogP contribution in [0.4, 0.5) is 5.69 Å². The van der Waals surface area contributed by atoms with Gasteiger partial charge in [-0.15, -0.1) is 0 Å². The van der Waals surface area contributed by atoms with Crippen LogP contribution in [0.1, 0.15) is 31.2 Å². The van der Waals surface area contributed by atoms with Gasteiger partial charge in [0.2, 0.25) is 0 Å². The Morgan fingerprint density at radius 2 is 1.74 bits per heavy atom. The summed E-state index contributed by atoms with van der Waals surface area (Å²) >= 11 is 0. The van der Waals surface area contributed by atoms with Crippen LogP contribution in [0.15, 0.2) is 18.2 Å². The first-order chi connectivity index (χ1) is 9.22. The van der Waals surface area contributed by atoms with Crippen molar-refractivity contribution in [3.8, 4) is 5.75 Å². The molecule has 2 spiro atoms. The first-order valence-corrected chi connectivity index (χ1v) is 7.02. The van der Waals surface area contributed by atoms with E-state index in [9.17, 15) is 0 Å². The molecule has 0 bridgehead atoms. The second kappa shape index (κ2) is 3.87. The molecule has 2 N–H and O–H groups in total. The van der Waals surface area contributed by atoms with Crippen molar-refractivity contribution >= 4 is 5.69 Å². The minimum absolute atomic E-state index is 0.142. The van der Waals surface area contributed by atoms with Gasteiger partial charge >= 0.3 is 0 Å². The van der Waals surface area contributed by atoms with Crippen molar-refractivity contribution in [3.63, 3.8) is 0 Å². The lowest BCUT2D eigenvalue weighted by Crippen LogP contribution is -2.42. The molecule has 19 heavy (non-hydrogen) atoms. The molecule has 2 fully saturated rings. The van der Waals surface area contributed by atoms with Crippen molar-refractivity contribution < 1.29 is 14.2 Å². The maximum atomic E-state index is 5.86. The highest BCUT2D eigenvalue weighted by Gasteiger charge is 2.50. The van der Waals surface area contributed by atoms with Crippen molar-refractivity contribution in [1.29, 1.82) is 0 Å². The van der Waals surface area contributed by atoms with Crippen LogP contribution in [0, 0.1) is 0 Å². The topological polar surface area (TPSA) is 53.7 Å². The molecule has 0 atom stereocenters. The minimum Gasteiger partial charge on any atom is -0.492 e. The van der Waals surface area contributed by atoms with Gasteiger partial charge in [-0.3, -0.25) is 0 Å². The summed E-state index contributed by atoms with van der Waals surface area (Å²) in [6, 6.07) is 6.05. The van der Waals surface area contributed by atoms with E-state index >= 15 is 0 Å². The van der Waals surface area contributed by atoms with E-state index < -0.39 is 0 Å². The third-order valence-electron chi connectivity index (χ3n) is 4.86. The Bertz CT molecular complexity index is 498. The zero-order valence-electron chi connectivity index (χ0n) is 11.0. The molecule has 1 saturated carbocycles. The molecule has 2 aliphatic heterocycles. The zero-order chi connectivity index (χ0) is 12.9. The number of nitrogen functional groups attached to an aromatic ring is 1. The second-order valence-electron chi connectivity index (χ2n) is 5.93. The lowest BCUT2D eigenvalue weighted by molar-refractivity contribution is -0.185. The SMILES string of the molecule is Nc1ccc2c(c1)OCC21CCC2(CC1)OCCO2. The predicted octanol–water partition coefficient (Wildman–Crippen LogP) is 2.22. The Balaban J connectivity index is 1.61. The molecular formula is C15H19NO3. The number of rotatable bonds is 0. The molecule has 4 rings (SSSR count). The van der Waals surface area contributed by atoms with Gasteiger partial charge < -0.3 is 19.9 Å². The van der Waals surface area contributed by atoms with Crippen LogP contribution in [0.25, 0.3) is 0 Å². The van der Waals surface area contributed by atoms with Crippen LogP contribution >= 0.6 is 0 Å². The highest BCUT2D eigenvalue weighted by atomic mass is 16.7. The molecular weight excluding hydrogens is 242 g/mol. The maximum absolute atomic E-state index is 5.86. The van der Waals surface area contributed by atoms with Gasteiger partial charge in [0, 0.05) is 35.6 Å². The largest absolute Gasteiger partial charge is 0.492 e. The Morgan fingerprint density at radius 1 is 1.00 bits per heavy atom. The first-order valence-electron chi connectivity index (χ1n) is 7.02. The number of fused-ring (bicyclic) bond motifs is 2. The molecule has 0 unspecified atom stereocenters. The van der Waals surface area contributed by atoms with E-state index in [0.717, 1.165) is 56.9 Å². The lowest BCUT2D eigenvalue weighted by Gasteiger charge is -2.40. The molecule has 4 nitrogen and oxygen atoms in total. The predicted molar refractivity (Wildman–Crippen MR) is 71.1 cm³/mol. The Hall–Kier alpha value is -1.26. The average Bonchev–Trinajstić information content (AvgIpc) is 3.00. The van der Waals surface area contributed by atoms with Crippen LogP contribution in [-0.4, -0.2) is 25.6 Å². The molecule has 4 heteroatoms. The average molecular weight is 261 g/mol. The fourth-order valence-corrected chi connectivity index (χ4v) is 3.70. The summed E-state index contributed by atoms with van der Waals surface area (Å²) in [4.78, 5) is 0. The zero-order valence-corrected chi connectivity index (χ0v) is 11.0. The van der Waals surface area contributed by atoms with Crippen molar-refractivity contribution in [2.24, 2.45) is 0 Å². The molecule has 1 saturated heterocycles. The van der Waals surface area contributed by atoms with E-state index in [4.69, 9.17) is 19.9 Å². The summed E-state index contributed by atoms with van der Waals surface area (Å²) in [6.45, 7) is 2.23. The monoisotopic (exact) mass is 261 g/mol. The molecule has 1 aromatic carbocycles. The third-order valence-corrected chi connectivity index (χ3v) is 4.86. The second-order valence-corrected chi connectivity index (χ2v) is 5.93. The van der Waals surface area contributed by atoms with Crippen LogP contribution in [0.5, 0.6) is 5.75 Å². The number of hydrogen-bond donors (Lipinski definition) is 1. The van der Waals surface area contributed by atoms with Gasteiger partial charge in [0.05, 0.1) is 19.8 Å². The van der Waals surface area contributed by atoms with E-state index in [1.54, 1.807) is 0 Å². The standard InChI is InChI=1S/C15H19NO3/c16-11-1-2-12-13(9-11)17-10-14(12)3-5-15(6-4-14)18-7-8-19-15/h1-2,9H,3-8,10,16H2. The smallest absolute Gasteiger partial charge is 0.168 e. The Labute approximate surface area is 112 Å². The fourth-order valence-electron chi connectivity index (χ4n) is 3.70. The Morgan fingerprint density at radius 3 is 2.47 bits per heavy atom. The number of ether oxygens (including phenoxy) is 3. The van der Waals surface area contributed by atoms with E-state index in [2.05, 4.69) is 6.07 Å². The van der Waals surface area contributed by atoms with Crippen LogP contribution in [0.3, 0.4) is 0 Å². The van der Waals surface area contributed by atoms with Gasteiger partial charge in [0.25, 0.3) is 0 Å². The summed E-state index contributed by atoms with van der Waals surface area (Å²) in [5, 5.41) is 0. The molecule has 0 aromatic heterocycles. The van der Waals surface area contributed by atoms with Gasteiger partial charge in [-0.25, -0.2) is 0 Å². The van der Waals surface area contributed by atoms with Crippen LogP contribution < -0.4 is 10.5 Å². The summed E-state index contributed by atoms with van der Waals surface area (Å²) in [7, 11) is 0. The summed E-state index contributed by atoms with van der Waals surface area (Å²) < 4.78 is 17.5. The van der Waals surface area contributed by atoms with E-state index in [-0.39, 0.29) is 11.2 Å². The third kappa shape index (κ3) is 1.66. The highest BCUT2D eigenvalue weighted by Crippen LogP contribution is 2.51. The van der Waals surface area contributed by atoms with E-state index in [1.165, 1.54) is 5.56 Å². The highest BCUT2D eigenvalue weighted by molar-refractivity contribution is 5.53. The normalized spacial score (nSPS) is 26.5. The van der Waals surface area contributed by atoms with Crippen molar-refractivity contribution in [2.75, 3.05) is 25.6 Å². The number of hydrogen-bond acceptors (Lipinski definition) is 4. The molecule has 2 heterocycles. The van der Waals surface area contributed by atoms with Crippen LogP contribution in [-0.2, 0) is 14.9 Å². The van der Waals surface area contributed by atoms with Gasteiger partial charge in [-0.05, 0) is 18.9 Å². The molecule has 102 valence electrons. The van der Waals surface area contributed by atoms with Crippen molar-refractivity contribution in [2.45, 2.75) is 36.9 Å². The Kier molecular flexibility index (Phi) is 2.35. The van der Waals surface area contributed by atoms with Crippen LogP contribution in [0.2, 0.25) is 0 Å². The molecule has 1 aliphatic carbocycles. The molecule has 3 aliphatic rings. The molecule has 0 amide bonds. The van der Waals surface area contributed by atoms with Gasteiger partial charge in [-0.1, -0.05) is 6.07 Å². The minimum atomic E-state index is -0.304. The fraction of sp³-hybridized carbons (Fsp3) is 0.600. The lowest BCUT2D eigenvalue weighted by atomic mass is 9.69. The number of benzene rings is 1. The molecule has 0 radical (unpaired) electrons. The number of anilines is 1. The summed E-state index contributed by atoms with van der Waals surface area (Å²) in [5.74, 6) is 0.658. The van der Waals surface area contributed by atoms with Crippen molar-refractivity contribution in [3.05, 3.63) is 23.8 Å². The van der Waals surface area contributed by atoms with Gasteiger partial charge in [0.15, 0.2) is 5.79 Å². The van der Waals surface area contributed by atoms with E-state index in [0.29, 0.717) is 0 Å². The summed E-state index contributed by atoms with van der Waals surface area (Å²) in [5.41, 5.74) is 8.05. The summed E-state index contributed by atoms with van der Waals surface area (Å²) in [6.07, 6.45) is 4.04. The maximum Gasteiger partial charge on any atom is 0.168 e. The first kappa shape index (κ1) is 11.6. The van der Waals surface area contributed by atoms with E-state index in [1.807, 2.05) is 12.1 Å². The van der Waals surface area contributed by atoms with Gasteiger partial charge in [0.1, 0.15) is 5.75 Å². The van der Waals surface area contributed by atoms with Gasteiger partial charge in [-0.2, -0.15) is 0 Å².